The van der Waals surface area contributed by atoms with E-state index in [1.807, 2.05) is 13.8 Å². The van der Waals surface area contributed by atoms with Gasteiger partial charge in [0.1, 0.15) is 0 Å². The number of hydrogen-bond acceptors (Lipinski definition) is 7. The molecule has 0 spiro atoms. The van der Waals surface area contributed by atoms with Crippen molar-refractivity contribution in [3.05, 3.63) is 16.7 Å². The van der Waals surface area contributed by atoms with Crippen LogP contribution in [0.25, 0.3) is 0 Å². The summed E-state index contributed by atoms with van der Waals surface area (Å²) in [5.74, 6) is 1.12. The normalized spacial score (nSPS) is 19.4. The quantitative estimate of drug-likeness (QED) is 0.857. The van der Waals surface area contributed by atoms with Gasteiger partial charge in [0.2, 0.25) is 16.0 Å². The third-order valence-corrected chi connectivity index (χ3v) is 4.41. The molecule has 1 aliphatic rings. The van der Waals surface area contributed by atoms with Crippen LogP contribution in [0.1, 0.15) is 55.4 Å². The van der Waals surface area contributed by atoms with Crippen LogP contribution in [-0.2, 0) is 6.18 Å². The monoisotopic (exact) mass is 333 g/mol. The zero-order chi connectivity index (χ0) is 15.9. The predicted octanol–water partition coefficient (Wildman–Crippen LogP) is 3.40. The van der Waals surface area contributed by atoms with Crippen molar-refractivity contribution >= 4 is 16.5 Å². The Kier molecular flexibility index (Phi) is 3.79. The Morgan fingerprint density at radius 2 is 2.09 bits per heavy atom. The first-order valence-corrected chi connectivity index (χ1v) is 7.68. The highest BCUT2D eigenvalue weighted by molar-refractivity contribution is 7.15. The van der Waals surface area contributed by atoms with Gasteiger partial charge < -0.3 is 9.42 Å². The van der Waals surface area contributed by atoms with Crippen LogP contribution in [0.5, 0.6) is 0 Å². The van der Waals surface area contributed by atoms with Crippen molar-refractivity contribution in [1.29, 1.82) is 0 Å². The minimum absolute atomic E-state index is 0.106. The summed E-state index contributed by atoms with van der Waals surface area (Å²) in [5.41, 5.74) is 0. The molecule has 1 aliphatic heterocycles. The van der Waals surface area contributed by atoms with Gasteiger partial charge in [0.15, 0.2) is 5.82 Å². The van der Waals surface area contributed by atoms with Crippen molar-refractivity contribution in [1.82, 2.24) is 20.3 Å². The second-order valence-electron chi connectivity index (χ2n) is 5.38. The van der Waals surface area contributed by atoms with E-state index in [1.165, 1.54) is 0 Å². The third kappa shape index (κ3) is 2.79. The fourth-order valence-electron chi connectivity index (χ4n) is 2.33. The average molecular weight is 333 g/mol. The highest BCUT2D eigenvalue weighted by Crippen LogP contribution is 2.40. The van der Waals surface area contributed by atoms with E-state index in [2.05, 4.69) is 20.3 Å². The van der Waals surface area contributed by atoms with Crippen LogP contribution in [0.2, 0.25) is 0 Å². The number of nitrogens with zero attached hydrogens (tertiary/aromatic N) is 5. The summed E-state index contributed by atoms with van der Waals surface area (Å²) in [6, 6.07) is -0.217. The highest BCUT2D eigenvalue weighted by Gasteiger charge is 2.38. The van der Waals surface area contributed by atoms with E-state index in [4.69, 9.17) is 4.52 Å². The summed E-state index contributed by atoms with van der Waals surface area (Å²) in [4.78, 5) is 6.10. The molecule has 22 heavy (non-hydrogen) atoms. The number of aromatic nitrogens is 4. The van der Waals surface area contributed by atoms with E-state index < -0.39 is 11.2 Å². The van der Waals surface area contributed by atoms with Gasteiger partial charge in [-0.2, -0.15) is 18.2 Å². The van der Waals surface area contributed by atoms with Gasteiger partial charge in [-0.3, -0.25) is 0 Å². The summed E-state index contributed by atoms with van der Waals surface area (Å²) in [5, 5.41) is 10.2. The second-order valence-corrected chi connectivity index (χ2v) is 6.34. The van der Waals surface area contributed by atoms with Crippen molar-refractivity contribution in [2.24, 2.45) is 0 Å². The lowest BCUT2D eigenvalue weighted by Gasteiger charge is -2.20. The van der Waals surface area contributed by atoms with Crippen LogP contribution in [0.3, 0.4) is 0 Å². The van der Waals surface area contributed by atoms with E-state index >= 15 is 0 Å². The highest BCUT2D eigenvalue weighted by atomic mass is 32.1. The average Bonchev–Trinajstić information content (AvgIpc) is 3.17. The van der Waals surface area contributed by atoms with Gasteiger partial charge in [-0.25, -0.2) is 0 Å². The molecule has 0 saturated carbocycles. The van der Waals surface area contributed by atoms with E-state index in [0.29, 0.717) is 29.6 Å². The van der Waals surface area contributed by atoms with Crippen LogP contribution in [-0.4, -0.2) is 26.9 Å². The number of halogens is 3. The van der Waals surface area contributed by atoms with E-state index in [-0.39, 0.29) is 17.1 Å². The lowest BCUT2D eigenvalue weighted by atomic mass is 10.2. The van der Waals surface area contributed by atoms with E-state index in [0.717, 1.165) is 12.8 Å². The molecular formula is C12H14F3N5OS. The molecule has 1 unspecified atom stereocenters. The molecule has 2 aromatic rings. The molecule has 0 radical (unpaired) electrons. The van der Waals surface area contributed by atoms with E-state index in [9.17, 15) is 13.2 Å². The lowest BCUT2D eigenvalue weighted by molar-refractivity contribution is -0.138. The molecule has 1 fully saturated rings. The van der Waals surface area contributed by atoms with Crippen LogP contribution in [0.15, 0.2) is 4.52 Å². The molecule has 3 heterocycles. The number of hydrogen-bond donors (Lipinski definition) is 0. The predicted molar refractivity (Wildman–Crippen MR) is 72.6 cm³/mol. The van der Waals surface area contributed by atoms with Crippen molar-refractivity contribution < 1.29 is 17.7 Å². The number of alkyl halides is 3. The van der Waals surface area contributed by atoms with E-state index in [1.54, 1.807) is 4.90 Å². The molecule has 0 aliphatic carbocycles. The Labute approximate surface area is 128 Å². The van der Waals surface area contributed by atoms with Gasteiger partial charge in [-0.1, -0.05) is 30.3 Å². The first kappa shape index (κ1) is 15.2. The lowest BCUT2D eigenvalue weighted by Crippen LogP contribution is -2.23. The Morgan fingerprint density at radius 1 is 1.32 bits per heavy atom. The fraction of sp³-hybridized carbons (Fsp3) is 0.667. The van der Waals surface area contributed by atoms with Crippen molar-refractivity contribution in [3.8, 4) is 0 Å². The number of anilines is 1. The van der Waals surface area contributed by atoms with Gasteiger partial charge >= 0.3 is 6.18 Å². The summed E-state index contributed by atoms with van der Waals surface area (Å²) in [7, 11) is 0. The third-order valence-electron chi connectivity index (χ3n) is 3.40. The minimum atomic E-state index is -4.47. The second kappa shape index (κ2) is 5.49. The maximum absolute atomic E-state index is 12.7. The minimum Gasteiger partial charge on any atom is -0.339 e. The largest absolute Gasteiger partial charge is 0.445 e. The van der Waals surface area contributed by atoms with Gasteiger partial charge in [0, 0.05) is 12.5 Å². The van der Waals surface area contributed by atoms with Crippen LogP contribution >= 0.6 is 11.3 Å². The first-order valence-electron chi connectivity index (χ1n) is 6.87. The maximum atomic E-state index is 12.7. The molecule has 10 heteroatoms. The van der Waals surface area contributed by atoms with Crippen molar-refractivity contribution in [3.63, 3.8) is 0 Å². The molecule has 2 aromatic heterocycles. The zero-order valence-corrected chi connectivity index (χ0v) is 12.8. The van der Waals surface area contributed by atoms with Gasteiger partial charge in [0.05, 0.1) is 6.04 Å². The summed E-state index contributed by atoms with van der Waals surface area (Å²) >= 11 is 0.541. The van der Waals surface area contributed by atoms with Crippen LogP contribution in [0, 0.1) is 0 Å². The molecule has 0 N–H and O–H groups in total. The molecule has 1 saturated heterocycles. The molecular weight excluding hydrogens is 319 g/mol. The Bertz CT molecular complexity index is 653. The molecule has 0 bridgehead atoms. The SMILES string of the molecule is CC(C)c1nc(C2CCCN2c2nnc(C(F)(F)F)s2)no1. The molecule has 120 valence electrons. The Hall–Kier alpha value is -1.71. The maximum Gasteiger partial charge on any atom is 0.445 e. The fourth-order valence-corrected chi connectivity index (χ4v) is 3.12. The molecule has 1 atom stereocenters. The topological polar surface area (TPSA) is 67.9 Å². The van der Waals surface area contributed by atoms with Gasteiger partial charge in [0.25, 0.3) is 0 Å². The summed E-state index contributed by atoms with van der Waals surface area (Å²) < 4.78 is 43.1. The smallest absolute Gasteiger partial charge is 0.339 e. The standard InChI is InChI=1S/C12H14F3N5OS/c1-6(2)9-16-8(19-21-9)7-4-3-5-20(7)11-18-17-10(22-11)12(13,14)15/h6-7H,3-5H2,1-2H3. The Morgan fingerprint density at radius 3 is 2.68 bits per heavy atom. The van der Waals surface area contributed by atoms with Gasteiger partial charge in [-0.05, 0) is 12.8 Å². The Balaban J connectivity index is 1.85. The molecule has 0 aromatic carbocycles. The molecule has 6 nitrogen and oxygen atoms in total. The van der Waals surface area contributed by atoms with Crippen molar-refractivity contribution in [2.45, 2.75) is 44.8 Å². The summed E-state index contributed by atoms with van der Waals surface area (Å²) in [6.07, 6.45) is -2.89. The van der Waals surface area contributed by atoms with Crippen LogP contribution in [0.4, 0.5) is 18.3 Å². The molecule has 3 rings (SSSR count). The zero-order valence-electron chi connectivity index (χ0n) is 12.0. The van der Waals surface area contributed by atoms with Crippen molar-refractivity contribution in [2.75, 3.05) is 11.4 Å². The van der Waals surface area contributed by atoms with Gasteiger partial charge in [-0.15, -0.1) is 10.2 Å². The first-order chi connectivity index (χ1) is 10.4. The van der Waals surface area contributed by atoms with Crippen LogP contribution < -0.4 is 4.90 Å². The summed E-state index contributed by atoms with van der Waals surface area (Å²) in [6.45, 7) is 4.47. The molecule has 0 amide bonds. The number of rotatable bonds is 3.